The molecule has 170 valence electrons. The van der Waals surface area contributed by atoms with Crippen molar-refractivity contribution in [3.05, 3.63) is 126 Å². The molecule has 0 radical (unpaired) electrons. The van der Waals surface area contributed by atoms with Crippen LogP contribution in [0.1, 0.15) is 33.7 Å². The normalized spacial score (nSPS) is 10.5. The van der Waals surface area contributed by atoms with Crippen LogP contribution in [0.15, 0.2) is 98.6 Å². The van der Waals surface area contributed by atoms with Gasteiger partial charge >= 0.3 is 0 Å². The van der Waals surface area contributed by atoms with Crippen molar-refractivity contribution in [2.75, 3.05) is 19.8 Å². The summed E-state index contributed by atoms with van der Waals surface area (Å²) < 4.78 is 17.6. The Morgan fingerprint density at radius 3 is 1.55 bits per heavy atom. The summed E-state index contributed by atoms with van der Waals surface area (Å²) in [7, 11) is 0. The smallest absolute Gasteiger partial charge is 0.123 e. The van der Waals surface area contributed by atoms with E-state index in [1.54, 1.807) is 18.2 Å². The van der Waals surface area contributed by atoms with E-state index < -0.39 is 0 Å². The number of hydrogen-bond donors (Lipinski definition) is 0. The molecule has 0 spiro atoms. The molecular weight excluding hydrogens is 408 g/mol. The first-order chi connectivity index (χ1) is 16.1. The molecule has 0 aliphatic rings. The highest BCUT2D eigenvalue weighted by molar-refractivity contribution is 5.53. The zero-order chi connectivity index (χ0) is 23.6. The molecule has 0 unspecified atom stereocenters. The molecule has 3 aromatic carbocycles. The van der Waals surface area contributed by atoms with Gasteiger partial charge in [0.25, 0.3) is 0 Å². The Bertz CT molecular complexity index is 1050. The first kappa shape index (κ1) is 23.9. The summed E-state index contributed by atoms with van der Waals surface area (Å²) >= 11 is 0. The average molecular weight is 441 g/mol. The van der Waals surface area contributed by atoms with Crippen LogP contribution in [0.2, 0.25) is 0 Å². The monoisotopic (exact) mass is 440 g/mol. The van der Waals surface area contributed by atoms with E-state index in [-0.39, 0.29) is 5.92 Å². The fourth-order valence-electron chi connectivity index (χ4n) is 3.88. The van der Waals surface area contributed by atoms with Crippen molar-refractivity contribution >= 4 is 0 Å². The number of benzene rings is 3. The Morgan fingerprint density at radius 1 is 0.636 bits per heavy atom. The summed E-state index contributed by atoms with van der Waals surface area (Å²) in [4.78, 5) is 0. The highest BCUT2D eigenvalue weighted by Gasteiger charge is 2.22. The Hall–Kier alpha value is -3.72. The highest BCUT2D eigenvalue weighted by Crippen LogP contribution is 2.39. The predicted molar refractivity (Wildman–Crippen MR) is 137 cm³/mol. The third-order valence-corrected chi connectivity index (χ3v) is 5.36. The van der Waals surface area contributed by atoms with E-state index in [0.717, 1.165) is 45.1 Å². The average Bonchev–Trinajstić information content (AvgIpc) is 2.82. The van der Waals surface area contributed by atoms with Gasteiger partial charge in [-0.05, 0) is 54.3 Å². The molecule has 0 amide bonds. The van der Waals surface area contributed by atoms with Gasteiger partial charge in [-0.25, -0.2) is 0 Å². The van der Waals surface area contributed by atoms with Crippen LogP contribution >= 0.6 is 0 Å². The third-order valence-electron chi connectivity index (χ3n) is 5.36. The minimum absolute atomic E-state index is 0.0228. The molecule has 0 heterocycles. The predicted octanol–water partition coefficient (Wildman–Crippen LogP) is 7.18. The number of ether oxygens (including phenoxy) is 3. The lowest BCUT2D eigenvalue weighted by atomic mass is 9.83. The van der Waals surface area contributed by atoms with Crippen LogP contribution in [0.25, 0.3) is 0 Å². The Kier molecular flexibility index (Phi) is 8.54. The van der Waals surface area contributed by atoms with Crippen molar-refractivity contribution in [1.29, 1.82) is 0 Å². The molecule has 3 nitrogen and oxygen atoms in total. The summed E-state index contributed by atoms with van der Waals surface area (Å²) in [5.41, 5.74) is 5.57. The van der Waals surface area contributed by atoms with Crippen molar-refractivity contribution < 1.29 is 14.2 Å². The summed E-state index contributed by atoms with van der Waals surface area (Å²) in [6.45, 7) is 16.8. The van der Waals surface area contributed by atoms with Crippen LogP contribution in [0.3, 0.4) is 0 Å². The van der Waals surface area contributed by atoms with Crippen LogP contribution in [0.4, 0.5) is 0 Å². The molecule has 0 saturated carbocycles. The van der Waals surface area contributed by atoms with E-state index in [1.165, 1.54) is 0 Å². The van der Waals surface area contributed by atoms with Gasteiger partial charge in [0, 0.05) is 11.5 Å². The van der Waals surface area contributed by atoms with Gasteiger partial charge in [-0.15, -0.1) is 0 Å². The quantitative estimate of drug-likeness (QED) is 0.221. The van der Waals surface area contributed by atoms with Crippen molar-refractivity contribution in [2.24, 2.45) is 0 Å². The van der Waals surface area contributed by atoms with Crippen molar-refractivity contribution in [1.82, 2.24) is 0 Å². The van der Waals surface area contributed by atoms with Crippen molar-refractivity contribution in [3.63, 3.8) is 0 Å². The highest BCUT2D eigenvalue weighted by atomic mass is 16.5. The topological polar surface area (TPSA) is 27.7 Å². The lowest BCUT2D eigenvalue weighted by molar-refractivity contribution is 0.358. The number of rotatable bonds is 12. The number of aryl methyl sites for hydroxylation is 2. The lowest BCUT2D eigenvalue weighted by Gasteiger charge is -2.23. The van der Waals surface area contributed by atoms with Crippen LogP contribution in [0.5, 0.6) is 17.2 Å². The second-order valence-electron chi connectivity index (χ2n) is 7.82. The Balaban J connectivity index is 2.11. The van der Waals surface area contributed by atoms with E-state index >= 15 is 0 Å². The molecule has 3 aromatic rings. The summed E-state index contributed by atoms with van der Waals surface area (Å²) in [5, 5.41) is 0. The maximum absolute atomic E-state index is 6.03. The second kappa shape index (κ2) is 11.8. The van der Waals surface area contributed by atoms with E-state index in [0.29, 0.717) is 19.8 Å². The Morgan fingerprint density at radius 2 is 1.09 bits per heavy atom. The van der Waals surface area contributed by atoms with Crippen LogP contribution in [0, 0.1) is 13.8 Å². The maximum Gasteiger partial charge on any atom is 0.123 e. The van der Waals surface area contributed by atoms with Crippen LogP contribution in [-0.4, -0.2) is 19.8 Å². The van der Waals surface area contributed by atoms with Gasteiger partial charge in [0.2, 0.25) is 0 Å². The standard InChI is InChI=1S/C30H32O3/c1-6-17-31-27-15-13-24(20-22(27)4)30(26-11-9-10-12-29(26)33-19-8-3)25-14-16-28(23(5)21-25)32-18-7-2/h6-16,20-21,30H,1-3,17-19H2,4-5H3. The molecule has 3 heteroatoms. The van der Waals surface area contributed by atoms with Crippen molar-refractivity contribution in [3.8, 4) is 17.2 Å². The molecule has 0 fully saturated rings. The second-order valence-corrected chi connectivity index (χ2v) is 7.82. The molecular formula is C30H32O3. The minimum atomic E-state index is -0.0228. The molecule has 3 rings (SSSR count). The molecule has 0 N–H and O–H groups in total. The van der Waals surface area contributed by atoms with Crippen molar-refractivity contribution in [2.45, 2.75) is 19.8 Å². The first-order valence-corrected chi connectivity index (χ1v) is 11.1. The van der Waals surface area contributed by atoms with E-state index in [2.05, 4.69) is 63.9 Å². The van der Waals surface area contributed by atoms with Gasteiger partial charge in [0.05, 0.1) is 0 Å². The number of hydrogen-bond acceptors (Lipinski definition) is 3. The molecule has 0 atom stereocenters. The third kappa shape index (κ3) is 5.95. The number of para-hydroxylation sites is 1. The SMILES string of the molecule is C=CCOc1ccc(C(c2ccc(OCC=C)c(C)c2)c2ccccc2OCC=C)cc1C. The molecule has 0 aliphatic carbocycles. The van der Waals surface area contributed by atoms with Crippen LogP contribution < -0.4 is 14.2 Å². The Labute approximate surface area is 197 Å². The van der Waals surface area contributed by atoms with Gasteiger partial charge in [0.1, 0.15) is 37.1 Å². The first-order valence-electron chi connectivity index (χ1n) is 11.1. The molecule has 0 aliphatic heterocycles. The molecule has 0 bridgehead atoms. The maximum atomic E-state index is 6.03. The zero-order valence-electron chi connectivity index (χ0n) is 19.6. The van der Waals surface area contributed by atoms with Gasteiger partial charge in [0.15, 0.2) is 0 Å². The fourth-order valence-corrected chi connectivity index (χ4v) is 3.88. The molecule has 33 heavy (non-hydrogen) atoms. The van der Waals surface area contributed by atoms with E-state index in [9.17, 15) is 0 Å². The van der Waals surface area contributed by atoms with Gasteiger partial charge in [-0.3, -0.25) is 0 Å². The molecule has 0 aromatic heterocycles. The van der Waals surface area contributed by atoms with E-state index in [4.69, 9.17) is 14.2 Å². The lowest BCUT2D eigenvalue weighted by Crippen LogP contribution is -2.08. The summed E-state index contributed by atoms with van der Waals surface area (Å²) in [5.74, 6) is 2.54. The minimum Gasteiger partial charge on any atom is -0.489 e. The fraction of sp³-hybridized carbons (Fsp3) is 0.200. The van der Waals surface area contributed by atoms with E-state index in [1.807, 2.05) is 30.3 Å². The summed E-state index contributed by atoms with van der Waals surface area (Å²) in [6.07, 6.45) is 5.27. The molecule has 0 saturated heterocycles. The summed E-state index contributed by atoms with van der Waals surface area (Å²) in [6, 6.07) is 20.9. The van der Waals surface area contributed by atoms with Gasteiger partial charge < -0.3 is 14.2 Å². The van der Waals surface area contributed by atoms with Crippen LogP contribution in [-0.2, 0) is 0 Å². The van der Waals surface area contributed by atoms with Gasteiger partial charge in [-0.2, -0.15) is 0 Å². The largest absolute Gasteiger partial charge is 0.489 e. The zero-order valence-corrected chi connectivity index (χ0v) is 19.6. The van der Waals surface area contributed by atoms with Gasteiger partial charge in [-0.1, -0.05) is 80.4 Å².